The summed E-state index contributed by atoms with van der Waals surface area (Å²) in [5.74, 6) is 2.39. The van der Waals surface area contributed by atoms with E-state index in [1.54, 1.807) is 18.0 Å². The Bertz CT molecular complexity index is 1030. The first-order valence-corrected chi connectivity index (χ1v) is 11.0. The number of para-hydroxylation sites is 1. The Labute approximate surface area is 174 Å². The van der Waals surface area contributed by atoms with Crippen LogP contribution in [0.15, 0.2) is 75.3 Å². The summed E-state index contributed by atoms with van der Waals surface area (Å²) in [4.78, 5) is 1.22. The van der Waals surface area contributed by atoms with Crippen LogP contribution in [0.2, 0.25) is 0 Å². The molecular formula is C23H22N2O3S. The highest BCUT2D eigenvalue weighted by molar-refractivity contribution is 7.98. The van der Waals surface area contributed by atoms with Crippen molar-refractivity contribution in [3.05, 3.63) is 77.7 Å². The number of hydrogen-bond acceptors (Lipinski definition) is 6. The maximum atomic E-state index is 6.51. The highest BCUT2D eigenvalue weighted by atomic mass is 32.2. The number of rotatable bonds is 5. The fourth-order valence-electron chi connectivity index (χ4n) is 3.93. The molecule has 1 aromatic heterocycles. The Hall–Kier alpha value is -2.86. The van der Waals surface area contributed by atoms with Crippen LogP contribution < -0.4 is 9.47 Å². The summed E-state index contributed by atoms with van der Waals surface area (Å²) in [5.41, 5.74) is 3.09. The summed E-state index contributed by atoms with van der Waals surface area (Å²) in [6.45, 7) is 2.58. The zero-order chi connectivity index (χ0) is 19.8. The van der Waals surface area contributed by atoms with Crippen LogP contribution in [0.5, 0.6) is 11.5 Å². The topological polar surface area (TPSA) is 47.2 Å². The molecule has 3 aromatic rings. The van der Waals surface area contributed by atoms with Crippen LogP contribution in [-0.4, -0.2) is 23.6 Å². The Morgan fingerprint density at radius 2 is 2.00 bits per heavy atom. The predicted octanol–water partition coefficient (Wildman–Crippen LogP) is 5.64. The molecule has 2 aliphatic heterocycles. The van der Waals surface area contributed by atoms with E-state index in [1.165, 1.54) is 4.90 Å². The molecule has 5 nitrogen and oxygen atoms in total. The zero-order valence-electron chi connectivity index (χ0n) is 16.4. The molecule has 3 heterocycles. The fourth-order valence-corrected chi connectivity index (χ4v) is 4.34. The number of fused-ring (bicyclic) bond motifs is 3. The molecule has 2 atom stereocenters. The summed E-state index contributed by atoms with van der Waals surface area (Å²) in [6, 6.07) is 18.5. The lowest BCUT2D eigenvalue weighted by Gasteiger charge is -2.38. The van der Waals surface area contributed by atoms with Crippen molar-refractivity contribution in [1.82, 2.24) is 5.01 Å². The summed E-state index contributed by atoms with van der Waals surface area (Å²) >= 11 is 1.73. The van der Waals surface area contributed by atoms with E-state index in [1.807, 2.05) is 31.2 Å². The molecule has 0 radical (unpaired) electrons. The largest absolute Gasteiger partial charge is 0.490 e. The van der Waals surface area contributed by atoms with Crippen molar-refractivity contribution in [2.24, 2.45) is 5.10 Å². The molecule has 0 unspecified atom stereocenters. The van der Waals surface area contributed by atoms with Gasteiger partial charge in [0.2, 0.25) is 6.23 Å². The molecule has 0 N–H and O–H groups in total. The molecule has 2 aromatic carbocycles. The fraction of sp³-hybridized carbons (Fsp3) is 0.261. The van der Waals surface area contributed by atoms with Crippen LogP contribution in [0.25, 0.3) is 0 Å². The van der Waals surface area contributed by atoms with Crippen molar-refractivity contribution in [2.45, 2.75) is 30.5 Å². The average molecular weight is 407 g/mol. The number of benzene rings is 2. The third kappa shape index (κ3) is 3.17. The highest BCUT2D eigenvalue weighted by Gasteiger charge is 2.42. The standard InChI is InChI=1S/C23H22N2O3S/c1-3-26-21-7-4-6-17-19-14-18(20-8-5-13-27-20)24-25(19)23(28-22(17)21)15-9-11-16(29-2)12-10-15/h4-13,19,23H,3,14H2,1-2H3/t19-,23+/m1/s1. The van der Waals surface area contributed by atoms with Crippen LogP contribution in [0.1, 0.15) is 42.5 Å². The van der Waals surface area contributed by atoms with Crippen molar-refractivity contribution in [3.8, 4) is 11.5 Å². The van der Waals surface area contributed by atoms with Gasteiger partial charge in [-0.25, -0.2) is 5.01 Å². The second-order valence-electron chi connectivity index (χ2n) is 6.97. The lowest BCUT2D eigenvalue weighted by Crippen LogP contribution is -2.33. The van der Waals surface area contributed by atoms with Gasteiger partial charge >= 0.3 is 0 Å². The third-order valence-electron chi connectivity index (χ3n) is 5.29. The Kier molecular flexibility index (Phi) is 4.72. The van der Waals surface area contributed by atoms with E-state index in [-0.39, 0.29) is 12.3 Å². The second-order valence-corrected chi connectivity index (χ2v) is 7.85. The van der Waals surface area contributed by atoms with Crippen molar-refractivity contribution in [2.75, 3.05) is 12.9 Å². The van der Waals surface area contributed by atoms with Gasteiger partial charge in [0.1, 0.15) is 11.5 Å². The van der Waals surface area contributed by atoms with E-state index < -0.39 is 0 Å². The maximum absolute atomic E-state index is 6.51. The van der Waals surface area contributed by atoms with Crippen molar-refractivity contribution >= 4 is 17.5 Å². The van der Waals surface area contributed by atoms with E-state index >= 15 is 0 Å². The smallest absolute Gasteiger partial charge is 0.214 e. The minimum atomic E-state index is -0.322. The molecule has 0 saturated carbocycles. The lowest BCUT2D eigenvalue weighted by molar-refractivity contribution is -0.0212. The monoisotopic (exact) mass is 406 g/mol. The van der Waals surface area contributed by atoms with Gasteiger partial charge in [0.15, 0.2) is 11.5 Å². The zero-order valence-corrected chi connectivity index (χ0v) is 17.2. The molecule has 0 amide bonds. The van der Waals surface area contributed by atoms with Gasteiger partial charge in [-0.2, -0.15) is 5.10 Å². The summed E-state index contributed by atoms with van der Waals surface area (Å²) in [6.07, 6.45) is 4.20. The highest BCUT2D eigenvalue weighted by Crippen LogP contribution is 2.50. The first kappa shape index (κ1) is 18.2. The SMILES string of the molecule is CCOc1cccc2c1O[C@@H](c1ccc(SC)cc1)N1N=C(c3ccco3)C[C@H]21. The first-order valence-electron chi connectivity index (χ1n) is 9.74. The van der Waals surface area contributed by atoms with E-state index in [9.17, 15) is 0 Å². The van der Waals surface area contributed by atoms with Gasteiger partial charge < -0.3 is 13.9 Å². The van der Waals surface area contributed by atoms with E-state index in [0.29, 0.717) is 6.61 Å². The average Bonchev–Trinajstić information content (AvgIpc) is 3.44. The van der Waals surface area contributed by atoms with Crippen LogP contribution >= 0.6 is 11.8 Å². The van der Waals surface area contributed by atoms with Crippen LogP contribution in [-0.2, 0) is 0 Å². The molecule has 2 aliphatic rings. The van der Waals surface area contributed by atoms with Gasteiger partial charge in [-0.3, -0.25) is 0 Å². The number of hydrogen-bond donors (Lipinski definition) is 0. The summed E-state index contributed by atoms with van der Waals surface area (Å²) < 4.78 is 18.0. The predicted molar refractivity (Wildman–Crippen MR) is 114 cm³/mol. The van der Waals surface area contributed by atoms with E-state index in [0.717, 1.165) is 40.5 Å². The number of furan rings is 1. The van der Waals surface area contributed by atoms with E-state index in [2.05, 4.69) is 41.6 Å². The molecule has 0 aliphatic carbocycles. The second kappa shape index (κ2) is 7.52. The molecule has 0 spiro atoms. The first-order chi connectivity index (χ1) is 14.3. The minimum Gasteiger partial charge on any atom is -0.490 e. The Morgan fingerprint density at radius 1 is 1.14 bits per heavy atom. The van der Waals surface area contributed by atoms with Gasteiger partial charge in [0, 0.05) is 22.4 Å². The van der Waals surface area contributed by atoms with Crippen LogP contribution in [0, 0.1) is 0 Å². The van der Waals surface area contributed by atoms with Crippen LogP contribution in [0.4, 0.5) is 0 Å². The maximum Gasteiger partial charge on any atom is 0.214 e. The van der Waals surface area contributed by atoms with Gasteiger partial charge in [-0.15, -0.1) is 11.8 Å². The van der Waals surface area contributed by atoms with Gasteiger partial charge in [-0.05, 0) is 43.5 Å². The number of hydrazone groups is 1. The van der Waals surface area contributed by atoms with Gasteiger partial charge in [0.25, 0.3) is 0 Å². The van der Waals surface area contributed by atoms with Gasteiger partial charge in [-0.1, -0.05) is 24.3 Å². The van der Waals surface area contributed by atoms with Crippen LogP contribution in [0.3, 0.4) is 0 Å². The summed E-state index contributed by atoms with van der Waals surface area (Å²) in [5, 5.41) is 6.97. The quantitative estimate of drug-likeness (QED) is 0.513. The molecule has 6 heteroatoms. The normalized spacial score (nSPS) is 19.9. The molecule has 29 heavy (non-hydrogen) atoms. The third-order valence-corrected chi connectivity index (χ3v) is 6.03. The van der Waals surface area contributed by atoms with Crippen molar-refractivity contribution < 1.29 is 13.9 Å². The molecule has 148 valence electrons. The van der Waals surface area contributed by atoms with Crippen molar-refractivity contribution in [1.29, 1.82) is 0 Å². The number of thioether (sulfide) groups is 1. The number of nitrogens with zero attached hydrogens (tertiary/aromatic N) is 2. The Balaban J connectivity index is 1.60. The van der Waals surface area contributed by atoms with Crippen molar-refractivity contribution in [3.63, 3.8) is 0 Å². The summed E-state index contributed by atoms with van der Waals surface area (Å²) in [7, 11) is 0. The molecule has 0 bridgehead atoms. The van der Waals surface area contributed by atoms with Gasteiger partial charge in [0.05, 0.1) is 18.9 Å². The van der Waals surface area contributed by atoms with E-state index in [4.69, 9.17) is 19.0 Å². The lowest BCUT2D eigenvalue weighted by atomic mass is 9.97. The molecule has 5 rings (SSSR count). The minimum absolute atomic E-state index is 0.0736. The molecule has 0 fully saturated rings. The number of ether oxygens (including phenoxy) is 2. The molecular weight excluding hydrogens is 384 g/mol. The molecule has 0 saturated heterocycles. The Morgan fingerprint density at radius 3 is 2.72 bits per heavy atom.